The van der Waals surface area contributed by atoms with Gasteiger partial charge < -0.3 is 15.4 Å². The molecule has 0 spiro atoms. The first-order valence-corrected chi connectivity index (χ1v) is 6.41. The Balaban J connectivity index is 2.01. The Labute approximate surface area is 113 Å². The summed E-state index contributed by atoms with van der Waals surface area (Å²) in [7, 11) is 0. The summed E-state index contributed by atoms with van der Waals surface area (Å²) >= 11 is 0. The molecule has 0 radical (unpaired) electrons. The fourth-order valence-electron chi connectivity index (χ4n) is 1.36. The average Bonchev–Trinajstić information content (AvgIpc) is 2.32. The van der Waals surface area contributed by atoms with Gasteiger partial charge in [-0.05, 0) is 45.9 Å². The molecule has 0 saturated carbocycles. The predicted molar refractivity (Wildman–Crippen MR) is 72.6 cm³/mol. The second kappa shape index (κ2) is 7.68. The van der Waals surface area contributed by atoms with E-state index in [0.29, 0.717) is 13.1 Å². The highest BCUT2D eigenvalue weighted by Crippen LogP contribution is 2.06. The lowest BCUT2D eigenvalue weighted by Crippen LogP contribution is -2.33. The molecule has 6 nitrogen and oxygen atoms in total. The Morgan fingerprint density at radius 2 is 2.16 bits per heavy atom. The number of nitrogens with zero attached hydrogens (tertiary/aromatic N) is 2. The molecule has 0 bridgehead atoms. The molecule has 1 heterocycles. The van der Waals surface area contributed by atoms with Gasteiger partial charge in [0.1, 0.15) is 5.60 Å². The van der Waals surface area contributed by atoms with Crippen molar-refractivity contribution in [3.63, 3.8) is 0 Å². The summed E-state index contributed by atoms with van der Waals surface area (Å²) in [5.41, 5.74) is 0.455. The first-order valence-electron chi connectivity index (χ1n) is 6.41. The number of rotatable bonds is 6. The lowest BCUT2D eigenvalue weighted by molar-refractivity contribution is 0.0527. The summed E-state index contributed by atoms with van der Waals surface area (Å²) in [6.45, 7) is 7.59. The van der Waals surface area contributed by atoms with Gasteiger partial charge in [-0.15, -0.1) is 0 Å². The summed E-state index contributed by atoms with van der Waals surface area (Å²) in [4.78, 5) is 11.3. The quantitative estimate of drug-likeness (QED) is 0.763. The molecule has 0 atom stereocenters. The number of carbonyl (C=O) groups excluding carboxylic acids is 1. The maximum Gasteiger partial charge on any atom is 0.407 e. The number of hydrogen-bond donors (Lipinski definition) is 2. The van der Waals surface area contributed by atoms with Gasteiger partial charge in [0.15, 0.2) is 0 Å². The predicted octanol–water partition coefficient (Wildman–Crippen LogP) is 1.48. The molecule has 1 rings (SSSR count). The molecule has 6 heteroatoms. The van der Waals surface area contributed by atoms with E-state index in [9.17, 15) is 4.79 Å². The van der Waals surface area contributed by atoms with Crippen LogP contribution >= 0.6 is 0 Å². The summed E-state index contributed by atoms with van der Waals surface area (Å²) in [6, 6.07) is 3.77. The topological polar surface area (TPSA) is 76.1 Å². The Morgan fingerprint density at radius 1 is 1.37 bits per heavy atom. The lowest BCUT2D eigenvalue weighted by atomic mass is 10.2. The molecular weight excluding hydrogens is 244 g/mol. The van der Waals surface area contributed by atoms with Crippen molar-refractivity contribution >= 4 is 6.09 Å². The highest BCUT2D eigenvalue weighted by molar-refractivity contribution is 5.67. The van der Waals surface area contributed by atoms with Gasteiger partial charge >= 0.3 is 6.09 Å². The number of hydrogen-bond acceptors (Lipinski definition) is 5. The number of nitrogens with one attached hydrogen (secondary N) is 2. The second-order valence-electron chi connectivity index (χ2n) is 5.17. The minimum absolute atomic E-state index is 0.374. The van der Waals surface area contributed by atoms with Crippen molar-refractivity contribution in [1.82, 2.24) is 20.8 Å². The van der Waals surface area contributed by atoms with E-state index in [1.165, 1.54) is 0 Å². The molecule has 1 aromatic heterocycles. The van der Waals surface area contributed by atoms with Crippen LogP contribution in [0.4, 0.5) is 4.79 Å². The van der Waals surface area contributed by atoms with Gasteiger partial charge in [0.2, 0.25) is 0 Å². The molecule has 2 N–H and O–H groups in total. The number of ether oxygens (including phenoxy) is 1. The van der Waals surface area contributed by atoms with Crippen molar-refractivity contribution in [1.29, 1.82) is 0 Å². The van der Waals surface area contributed by atoms with Crippen molar-refractivity contribution in [3.05, 3.63) is 24.0 Å². The molecule has 0 aliphatic heterocycles. The van der Waals surface area contributed by atoms with Gasteiger partial charge in [0.05, 0.1) is 5.69 Å². The smallest absolute Gasteiger partial charge is 0.407 e. The normalized spacial score (nSPS) is 11.1. The van der Waals surface area contributed by atoms with E-state index in [4.69, 9.17) is 4.74 Å². The Bertz CT molecular complexity index is 376. The highest BCUT2D eigenvalue weighted by atomic mass is 16.6. The molecule has 0 aromatic carbocycles. The summed E-state index contributed by atoms with van der Waals surface area (Å²) < 4.78 is 5.12. The molecule has 0 aliphatic carbocycles. The maximum absolute atomic E-state index is 11.3. The molecule has 1 amide bonds. The average molecular weight is 266 g/mol. The third-order valence-electron chi connectivity index (χ3n) is 2.13. The van der Waals surface area contributed by atoms with Gasteiger partial charge in [-0.3, -0.25) is 0 Å². The molecule has 0 saturated heterocycles. The van der Waals surface area contributed by atoms with Crippen LogP contribution in [0.1, 0.15) is 32.9 Å². The van der Waals surface area contributed by atoms with Gasteiger partial charge in [-0.2, -0.15) is 10.2 Å². The Hall–Kier alpha value is -1.69. The highest BCUT2D eigenvalue weighted by Gasteiger charge is 2.15. The standard InChI is InChI=1S/C13H22N4O2/c1-13(2,3)19-12(18)15-8-5-7-14-10-11-6-4-9-16-17-11/h4,6,9,14H,5,7-8,10H2,1-3H3,(H,15,18). The zero-order chi connectivity index (χ0) is 14.1. The van der Waals surface area contributed by atoms with Crippen LogP contribution < -0.4 is 10.6 Å². The van der Waals surface area contributed by atoms with Crippen molar-refractivity contribution in [2.75, 3.05) is 13.1 Å². The largest absolute Gasteiger partial charge is 0.444 e. The third kappa shape index (κ3) is 8.10. The van der Waals surface area contributed by atoms with Gasteiger partial charge in [-0.25, -0.2) is 4.79 Å². The minimum atomic E-state index is -0.450. The van der Waals surface area contributed by atoms with Crippen LogP contribution in [-0.2, 0) is 11.3 Å². The van der Waals surface area contributed by atoms with Crippen molar-refractivity contribution in [3.8, 4) is 0 Å². The van der Waals surface area contributed by atoms with Crippen LogP contribution in [-0.4, -0.2) is 35.0 Å². The van der Waals surface area contributed by atoms with E-state index >= 15 is 0 Å². The van der Waals surface area contributed by atoms with Crippen LogP contribution in [0.3, 0.4) is 0 Å². The molecule has 0 aliphatic rings. The van der Waals surface area contributed by atoms with E-state index in [1.54, 1.807) is 6.20 Å². The van der Waals surface area contributed by atoms with Crippen LogP contribution in [0.15, 0.2) is 18.3 Å². The number of aromatic nitrogens is 2. The van der Waals surface area contributed by atoms with Crippen LogP contribution in [0.5, 0.6) is 0 Å². The van der Waals surface area contributed by atoms with Gasteiger partial charge in [0.25, 0.3) is 0 Å². The molecular formula is C13H22N4O2. The van der Waals surface area contributed by atoms with E-state index in [0.717, 1.165) is 18.7 Å². The first kappa shape index (κ1) is 15.4. The van der Waals surface area contributed by atoms with Crippen LogP contribution in [0.2, 0.25) is 0 Å². The molecule has 1 aromatic rings. The fraction of sp³-hybridized carbons (Fsp3) is 0.615. The number of amides is 1. The van der Waals surface area contributed by atoms with Crippen LogP contribution in [0.25, 0.3) is 0 Å². The van der Waals surface area contributed by atoms with E-state index in [-0.39, 0.29) is 6.09 Å². The zero-order valence-electron chi connectivity index (χ0n) is 11.8. The lowest BCUT2D eigenvalue weighted by Gasteiger charge is -2.19. The van der Waals surface area contributed by atoms with E-state index < -0.39 is 5.60 Å². The third-order valence-corrected chi connectivity index (χ3v) is 2.13. The minimum Gasteiger partial charge on any atom is -0.444 e. The van der Waals surface area contributed by atoms with Crippen LogP contribution in [0, 0.1) is 0 Å². The van der Waals surface area contributed by atoms with Crippen molar-refractivity contribution < 1.29 is 9.53 Å². The second-order valence-corrected chi connectivity index (χ2v) is 5.17. The van der Waals surface area contributed by atoms with Crippen molar-refractivity contribution in [2.45, 2.75) is 39.3 Å². The number of carbonyl (C=O) groups is 1. The van der Waals surface area contributed by atoms with E-state index in [2.05, 4.69) is 20.8 Å². The van der Waals surface area contributed by atoms with Gasteiger partial charge in [-0.1, -0.05) is 0 Å². The van der Waals surface area contributed by atoms with Gasteiger partial charge in [0, 0.05) is 19.3 Å². The van der Waals surface area contributed by atoms with Crippen molar-refractivity contribution in [2.24, 2.45) is 0 Å². The maximum atomic E-state index is 11.3. The summed E-state index contributed by atoms with van der Waals surface area (Å²) in [5, 5.41) is 13.7. The molecule has 0 unspecified atom stereocenters. The molecule has 0 fully saturated rings. The summed E-state index contributed by atoms with van der Waals surface area (Å²) in [5.74, 6) is 0. The Kier molecular flexibility index (Phi) is 6.21. The number of alkyl carbamates (subject to hydrolysis) is 1. The molecule has 19 heavy (non-hydrogen) atoms. The SMILES string of the molecule is CC(C)(C)OC(=O)NCCCNCc1cccnn1. The van der Waals surface area contributed by atoms with E-state index in [1.807, 2.05) is 32.9 Å². The summed E-state index contributed by atoms with van der Waals surface area (Å²) in [6.07, 6.45) is 2.11. The molecule has 106 valence electrons. The monoisotopic (exact) mass is 266 g/mol. The fourth-order valence-corrected chi connectivity index (χ4v) is 1.36. The first-order chi connectivity index (χ1) is 8.97. The zero-order valence-corrected chi connectivity index (χ0v) is 11.8. The Morgan fingerprint density at radius 3 is 2.79 bits per heavy atom.